The number of aliphatic carboxylic acids is 1. The Hall–Kier alpha value is -0.710. The molecule has 2 atom stereocenters. The van der Waals surface area contributed by atoms with Crippen LogP contribution in [0.4, 0.5) is 8.78 Å². The monoisotopic (exact) mass is 260 g/mol. The molecule has 2 unspecified atom stereocenters. The van der Waals surface area contributed by atoms with Gasteiger partial charge in [0.25, 0.3) is 5.92 Å². The van der Waals surface area contributed by atoms with Crippen LogP contribution in [0.25, 0.3) is 0 Å². The minimum Gasteiger partial charge on any atom is -0.481 e. The van der Waals surface area contributed by atoms with Crippen LogP contribution in [-0.4, -0.2) is 29.7 Å². The lowest BCUT2D eigenvalue weighted by Gasteiger charge is -2.27. The summed E-state index contributed by atoms with van der Waals surface area (Å²) in [6.07, 6.45) is 2.72. The third kappa shape index (κ3) is 1.52. The van der Waals surface area contributed by atoms with Crippen LogP contribution in [-0.2, 0) is 9.53 Å². The summed E-state index contributed by atoms with van der Waals surface area (Å²) in [4.78, 5) is 10.9. The molecular weight excluding hydrogens is 242 g/mol. The van der Waals surface area contributed by atoms with E-state index in [-0.39, 0.29) is 6.10 Å². The zero-order chi connectivity index (χ0) is 13.0. The minimum atomic E-state index is -2.65. The maximum atomic E-state index is 14.1. The van der Waals surface area contributed by atoms with Crippen molar-refractivity contribution < 1.29 is 23.4 Å². The smallest absolute Gasteiger partial charge is 0.306 e. The topological polar surface area (TPSA) is 46.5 Å². The van der Waals surface area contributed by atoms with E-state index in [0.717, 1.165) is 12.8 Å². The van der Waals surface area contributed by atoms with Crippen LogP contribution in [0.5, 0.6) is 0 Å². The van der Waals surface area contributed by atoms with Gasteiger partial charge in [-0.15, -0.1) is 0 Å². The van der Waals surface area contributed by atoms with E-state index >= 15 is 0 Å². The summed E-state index contributed by atoms with van der Waals surface area (Å²) < 4.78 is 33.6. The summed E-state index contributed by atoms with van der Waals surface area (Å²) in [5.74, 6) is -4.59. The number of carboxylic acid groups (broad SMARTS) is 1. The molecular formula is C13H18F2O3. The van der Waals surface area contributed by atoms with Gasteiger partial charge < -0.3 is 9.84 Å². The molecule has 0 radical (unpaired) electrons. The molecule has 0 aromatic heterocycles. The fourth-order valence-electron chi connectivity index (χ4n) is 4.02. The first-order valence-electron chi connectivity index (χ1n) is 6.71. The lowest BCUT2D eigenvalue weighted by atomic mass is 9.77. The van der Waals surface area contributed by atoms with Crippen molar-refractivity contribution in [1.29, 1.82) is 0 Å². The fourth-order valence-corrected chi connectivity index (χ4v) is 4.02. The molecule has 0 amide bonds. The van der Waals surface area contributed by atoms with Gasteiger partial charge in [-0.3, -0.25) is 4.79 Å². The minimum absolute atomic E-state index is 0.304. The first-order chi connectivity index (χ1) is 8.49. The Labute approximate surface area is 105 Å². The molecule has 5 heteroatoms. The number of halogens is 2. The van der Waals surface area contributed by atoms with E-state index in [1.807, 2.05) is 0 Å². The number of hydrogen-bond donors (Lipinski definition) is 1. The van der Waals surface area contributed by atoms with Gasteiger partial charge in [-0.1, -0.05) is 0 Å². The number of hydrogen-bond acceptors (Lipinski definition) is 2. The first kappa shape index (κ1) is 12.3. The summed E-state index contributed by atoms with van der Waals surface area (Å²) in [6, 6.07) is 0. The summed E-state index contributed by atoms with van der Waals surface area (Å²) in [7, 11) is 0. The Bertz CT molecular complexity index is 355. The van der Waals surface area contributed by atoms with Gasteiger partial charge in [0.1, 0.15) is 0 Å². The molecule has 1 spiro atoms. The van der Waals surface area contributed by atoms with Crippen molar-refractivity contribution in [2.24, 2.45) is 17.3 Å². The molecule has 1 saturated heterocycles. The molecule has 102 valence electrons. The van der Waals surface area contributed by atoms with Crippen molar-refractivity contribution in [3.05, 3.63) is 0 Å². The quantitative estimate of drug-likeness (QED) is 0.830. The van der Waals surface area contributed by atoms with Crippen LogP contribution >= 0.6 is 0 Å². The molecule has 1 N–H and O–H groups in total. The Morgan fingerprint density at radius 3 is 2.39 bits per heavy atom. The van der Waals surface area contributed by atoms with Gasteiger partial charge in [0, 0.05) is 12.0 Å². The molecule has 18 heavy (non-hydrogen) atoms. The second kappa shape index (κ2) is 3.89. The molecule has 3 aliphatic rings. The second-order valence-electron chi connectivity index (χ2n) is 5.92. The maximum Gasteiger partial charge on any atom is 0.306 e. The molecule has 3 fully saturated rings. The molecule has 1 heterocycles. The molecule has 0 bridgehead atoms. The van der Waals surface area contributed by atoms with E-state index in [4.69, 9.17) is 9.84 Å². The van der Waals surface area contributed by atoms with Crippen molar-refractivity contribution in [3.8, 4) is 0 Å². The summed E-state index contributed by atoms with van der Waals surface area (Å²) in [5.41, 5.74) is -0.950. The average molecular weight is 260 g/mol. The fraction of sp³-hybridized carbons (Fsp3) is 0.923. The van der Waals surface area contributed by atoms with Gasteiger partial charge in [-0.25, -0.2) is 8.78 Å². The Morgan fingerprint density at radius 1 is 1.22 bits per heavy atom. The third-order valence-corrected chi connectivity index (χ3v) is 5.13. The summed E-state index contributed by atoms with van der Waals surface area (Å²) in [5, 5.41) is 8.92. The van der Waals surface area contributed by atoms with E-state index in [2.05, 4.69) is 0 Å². The van der Waals surface area contributed by atoms with E-state index < -0.39 is 29.1 Å². The van der Waals surface area contributed by atoms with E-state index in [1.165, 1.54) is 0 Å². The maximum absolute atomic E-state index is 14.1. The van der Waals surface area contributed by atoms with Crippen LogP contribution in [0.2, 0.25) is 0 Å². The Balaban J connectivity index is 1.71. The number of ether oxygens (including phenoxy) is 1. The number of rotatable bonds is 2. The Morgan fingerprint density at radius 2 is 1.89 bits per heavy atom. The SMILES string of the molecule is O=C(O)C1CCC2(CC1)C(C1CCCO1)C2(F)F. The highest BCUT2D eigenvalue weighted by atomic mass is 19.3. The van der Waals surface area contributed by atoms with E-state index in [0.29, 0.717) is 32.3 Å². The van der Waals surface area contributed by atoms with Crippen molar-refractivity contribution >= 4 is 5.97 Å². The highest BCUT2D eigenvalue weighted by molar-refractivity contribution is 5.70. The van der Waals surface area contributed by atoms with Crippen molar-refractivity contribution in [1.82, 2.24) is 0 Å². The third-order valence-electron chi connectivity index (χ3n) is 5.13. The summed E-state index contributed by atoms with van der Waals surface area (Å²) >= 11 is 0. The van der Waals surface area contributed by atoms with Crippen molar-refractivity contribution in [2.75, 3.05) is 6.61 Å². The normalized spacial score (nSPS) is 46.2. The number of carboxylic acids is 1. The molecule has 2 aliphatic carbocycles. The van der Waals surface area contributed by atoms with Crippen LogP contribution < -0.4 is 0 Å². The van der Waals surface area contributed by atoms with E-state index in [1.54, 1.807) is 0 Å². The number of alkyl halides is 2. The molecule has 2 saturated carbocycles. The average Bonchev–Trinajstić information content (AvgIpc) is 2.74. The summed E-state index contributed by atoms with van der Waals surface area (Å²) in [6.45, 7) is 0.588. The predicted octanol–water partition coefficient (Wildman–Crippen LogP) is 2.69. The van der Waals surface area contributed by atoms with Gasteiger partial charge in [0.2, 0.25) is 0 Å². The Kier molecular flexibility index (Phi) is 2.66. The van der Waals surface area contributed by atoms with Gasteiger partial charge in [-0.05, 0) is 38.5 Å². The van der Waals surface area contributed by atoms with Crippen LogP contribution in [0.15, 0.2) is 0 Å². The van der Waals surface area contributed by atoms with Crippen LogP contribution in [0, 0.1) is 17.3 Å². The van der Waals surface area contributed by atoms with Crippen LogP contribution in [0.1, 0.15) is 38.5 Å². The predicted molar refractivity (Wildman–Crippen MR) is 59.4 cm³/mol. The van der Waals surface area contributed by atoms with Gasteiger partial charge >= 0.3 is 5.97 Å². The zero-order valence-corrected chi connectivity index (χ0v) is 10.2. The van der Waals surface area contributed by atoms with Crippen LogP contribution in [0.3, 0.4) is 0 Å². The highest BCUT2D eigenvalue weighted by Gasteiger charge is 2.82. The van der Waals surface area contributed by atoms with Gasteiger partial charge in [-0.2, -0.15) is 0 Å². The standard InChI is InChI=1S/C13H18F2O3/c14-13(15)10(9-2-1-7-18-9)12(13)5-3-8(4-6-12)11(16)17/h8-10H,1-7H2,(H,16,17). The molecule has 0 aromatic carbocycles. The molecule has 0 aromatic rings. The lowest BCUT2D eigenvalue weighted by molar-refractivity contribution is -0.143. The first-order valence-corrected chi connectivity index (χ1v) is 6.71. The molecule has 3 nitrogen and oxygen atoms in total. The van der Waals surface area contributed by atoms with Gasteiger partial charge in [0.15, 0.2) is 0 Å². The molecule has 1 aliphatic heterocycles. The van der Waals surface area contributed by atoms with Crippen molar-refractivity contribution in [3.63, 3.8) is 0 Å². The highest BCUT2D eigenvalue weighted by Crippen LogP contribution is 2.74. The van der Waals surface area contributed by atoms with Crippen molar-refractivity contribution in [2.45, 2.75) is 50.6 Å². The van der Waals surface area contributed by atoms with E-state index in [9.17, 15) is 13.6 Å². The molecule has 3 rings (SSSR count). The second-order valence-corrected chi connectivity index (χ2v) is 5.92. The largest absolute Gasteiger partial charge is 0.481 e. The lowest BCUT2D eigenvalue weighted by Crippen LogP contribution is -2.26. The van der Waals surface area contributed by atoms with Gasteiger partial charge in [0.05, 0.1) is 17.9 Å². The zero-order valence-electron chi connectivity index (χ0n) is 10.2. The number of carbonyl (C=O) groups is 1.